The van der Waals surface area contributed by atoms with Crippen LogP contribution >= 0.6 is 12.4 Å². The molecule has 17 heavy (non-hydrogen) atoms. The van der Waals surface area contributed by atoms with E-state index in [-0.39, 0.29) is 17.3 Å². The largest absolute Gasteiger partial charge is 0.300 e. The highest BCUT2D eigenvalue weighted by Crippen LogP contribution is 2.11. The molecule has 0 aliphatic heterocycles. The molecule has 0 unspecified atom stereocenters. The minimum absolute atomic E-state index is 0. The monoisotopic (exact) mass is 279 g/mol. The molecule has 4 nitrogen and oxygen atoms in total. The van der Waals surface area contributed by atoms with E-state index in [0.717, 1.165) is 25.2 Å². The molecule has 1 N–H and O–H groups in total. The molecule has 0 aliphatic carbocycles. The van der Waals surface area contributed by atoms with Gasteiger partial charge < -0.3 is 0 Å². The molecule has 98 valence electrons. The summed E-state index contributed by atoms with van der Waals surface area (Å²) in [5.74, 6) is 0. The van der Waals surface area contributed by atoms with Crippen LogP contribution in [-0.4, -0.2) is 31.0 Å². The predicted octanol–water partition coefficient (Wildman–Crippen LogP) is 2.20. The average Bonchev–Trinajstić information content (AvgIpc) is 2.25. The van der Waals surface area contributed by atoms with Gasteiger partial charge in [-0.15, -0.1) is 12.4 Å². The first-order valence-corrected chi connectivity index (χ1v) is 6.70. The standard InChI is InChI=1S/C11H17NO3S.ClH/c1-3-12(4-2)9-10-5-7-11(8-6-10)16(13,14)15;/h5-8H,3-4,9H2,1-2H3,(H,13,14,15);1H. The predicted molar refractivity (Wildman–Crippen MR) is 70.1 cm³/mol. The molecule has 0 saturated carbocycles. The van der Waals surface area contributed by atoms with Crippen LogP contribution in [0.3, 0.4) is 0 Å². The van der Waals surface area contributed by atoms with Crippen LogP contribution in [0.5, 0.6) is 0 Å². The lowest BCUT2D eigenvalue weighted by molar-refractivity contribution is 0.296. The minimum atomic E-state index is -4.07. The molecule has 0 amide bonds. The SMILES string of the molecule is CCN(CC)Cc1ccc(S(=O)(=O)O)cc1.Cl. The minimum Gasteiger partial charge on any atom is -0.300 e. The lowest BCUT2D eigenvalue weighted by Gasteiger charge is -2.17. The summed E-state index contributed by atoms with van der Waals surface area (Å²) >= 11 is 0. The Morgan fingerprint density at radius 2 is 1.59 bits per heavy atom. The first-order valence-electron chi connectivity index (χ1n) is 5.26. The normalized spacial score (nSPS) is 11.3. The molecule has 0 aromatic heterocycles. The van der Waals surface area contributed by atoms with E-state index >= 15 is 0 Å². The van der Waals surface area contributed by atoms with Crippen molar-refractivity contribution in [3.05, 3.63) is 29.8 Å². The van der Waals surface area contributed by atoms with Crippen molar-refractivity contribution in [3.63, 3.8) is 0 Å². The topological polar surface area (TPSA) is 57.6 Å². The summed E-state index contributed by atoms with van der Waals surface area (Å²) in [6.07, 6.45) is 0. The third-order valence-electron chi connectivity index (χ3n) is 2.52. The van der Waals surface area contributed by atoms with Crippen molar-refractivity contribution < 1.29 is 13.0 Å². The molecule has 1 aromatic carbocycles. The van der Waals surface area contributed by atoms with Crippen LogP contribution in [0.4, 0.5) is 0 Å². The van der Waals surface area contributed by atoms with Crippen molar-refractivity contribution in [1.29, 1.82) is 0 Å². The van der Waals surface area contributed by atoms with Crippen LogP contribution in [0.1, 0.15) is 19.4 Å². The van der Waals surface area contributed by atoms with Crippen molar-refractivity contribution in [2.45, 2.75) is 25.3 Å². The Kier molecular flexibility index (Phi) is 6.70. The summed E-state index contributed by atoms with van der Waals surface area (Å²) < 4.78 is 30.5. The molecule has 1 rings (SSSR count). The van der Waals surface area contributed by atoms with Gasteiger partial charge in [0.05, 0.1) is 4.90 Å². The molecule has 6 heteroatoms. The molecule has 0 aliphatic rings. The van der Waals surface area contributed by atoms with Crippen molar-refractivity contribution >= 4 is 22.5 Å². The molecule has 0 bridgehead atoms. The van der Waals surface area contributed by atoms with E-state index in [2.05, 4.69) is 18.7 Å². The molecule has 0 spiro atoms. The van der Waals surface area contributed by atoms with Crippen LogP contribution in [0.15, 0.2) is 29.2 Å². The highest BCUT2D eigenvalue weighted by atomic mass is 35.5. The summed E-state index contributed by atoms with van der Waals surface area (Å²) in [5.41, 5.74) is 1.04. The van der Waals surface area contributed by atoms with Gasteiger partial charge in [-0.05, 0) is 30.8 Å². The second-order valence-electron chi connectivity index (χ2n) is 3.58. The highest BCUT2D eigenvalue weighted by molar-refractivity contribution is 7.85. The van der Waals surface area contributed by atoms with E-state index in [9.17, 15) is 8.42 Å². The Bertz CT molecular complexity index is 427. The van der Waals surface area contributed by atoms with Gasteiger partial charge in [-0.25, -0.2) is 0 Å². The molecule has 0 fully saturated rings. The Balaban J connectivity index is 0.00000256. The number of hydrogen-bond donors (Lipinski definition) is 1. The fourth-order valence-corrected chi connectivity index (χ4v) is 1.95. The van der Waals surface area contributed by atoms with Crippen LogP contribution < -0.4 is 0 Å². The van der Waals surface area contributed by atoms with Gasteiger partial charge in [0.1, 0.15) is 0 Å². The van der Waals surface area contributed by atoms with E-state index in [1.807, 2.05) is 0 Å². The smallest absolute Gasteiger partial charge is 0.294 e. The van der Waals surface area contributed by atoms with Crippen LogP contribution in [0.2, 0.25) is 0 Å². The quantitative estimate of drug-likeness (QED) is 0.840. The van der Waals surface area contributed by atoms with Crippen LogP contribution in [0, 0.1) is 0 Å². The van der Waals surface area contributed by atoms with Gasteiger partial charge >= 0.3 is 0 Å². The summed E-state index contributed by atoms with van der Waals surface area (Å²) in [7, 11) is -4.07. The number of benzene rings is 1. The van der Waals surface area contributed by atoms with Crippen molar-refractivity contribution in [3.8, 4) is 0 Å². The zero-order valence-corrected chi connectivity index (χ0v) is 11.6. The number of rotatable bonds is 5. The summed E-state index contributed by atoms with van der Waals surface area (Å²) in [6.45, 7) is 6.86. The molecular formula is C11H18ClNO3S. The lowest BCUT2D eigenvalue weighted by Crippen LogP contribution is -2.22. The van der Waals surface area contributed by atoms with Crippen LogP contribution in [-0.2, 0) is 16.7 Å². The van der Waals surface area contributed by atoms with Gasteiger partial charge in [0, 0.05) is 6.54 Å². The number of nitrogens with zero attached hydrogens (tertiary/aromatic N) is 1. The lowest BCUT2D eigenvalue weighted by atomic mass is 10.2. The molecular weight excluding hydrogens is 262 g/mol. The first kappa shape index (κ1) is 16.4. The summed E-state index contributed by atoms with van der Waals surface area (Å²) in [4.78, 5) is 2.17. The van der Waals surface area contributed by atoms with Crippen molar-refractivity contribution in [2.75, 3.05) is 13.1 Å². The number of halogens is 1. The Labute approximate surface area is 109 Å². The van der Waals surface area contributed by atoms with Crippen molar-refractivity contribution in [2.24, 2.45) is 0 Å². The van der Waals surface area contributed by atoms with Gasteiger partial charge in [0.2, 0.25) is 0 Å². The van der Waals surface area contributed by atoms with Gasteiger partial charge in [-0.3, -0.25) is 9.45 Å². The number of hydrogen-bond acceptors (Lipinski definition) is 3. The summed E-state index contributed by atoms with van der Waals surface area (Å²) in [6, 6.07) is 6.30. The molecule has 0 saturated heterocycles. The maximum atomic E-state index is 10.8. The zero-order valence-electron chi connectivity index (χ0n) is 9.96. The fraction of sp³-hybridized carbons (Fsp3) is 0.455. The van der Waals surface area contributed by atoms with Crippen LogP contribution in [0.25, 0.3) is 0 Å². The van der Waals surface area contributed by atoms with Gasteiger partial charge in [0.15, 0.2) is 0 Å². The molecule has 0 atom stereocenters. The third kappa shape index (κ3) is 5.04. The Morgan fingerprint density at radius 1 is 1.12 bits per heavy atom. The first-order chi connectivity index (χ1) is 7.47. The van der Waals surface area contributed by atoms with E-state index in [1.165, 1.54) is 12.1 Å². The maximum Gasteiger partial charge on any atom is 0.294 e. The van der Waals surface area contributed by atoms with E-state index in [0.29, 0.717) is 0 Å². The highest BCUT2D eigenvalue weighted by Gasteiger charge is 2.09. The van der Waals surface area contributed by atoms with Gasteiger partial charge in [-0.2, -0.15) is 8.42 Å². The maximum absolute atomic E-state index is 10.8. The second-order valence-corrected chi connectivity index (χ2v) is 5.00. The van der Waals surface area contributed by atoms with Gasteiger partial charge in [-0.1, -0.05) is 26.0 Å². The Morgan fingerprint density at radius 3 is 1.94 bits per heavy atom. The van der Waals surface area contributed by atoms with E-state index < -0.39 is 10.1 Å². The van der Waals surface area contributed by atoms with Crippen molar-refractivity contribution in [1.82, 2.24) is 4.90 Å². The van der Waals surface area contributed by atoms with Gasteiger partial charge in [0.25, 0.3) is 10.1 Å². The Hall–Kier alpha value is -0.620. The van der Waals surface area contributed by atoms with E-state index in [1.54, 1.807) is 12.1 Å². The summed E-state index contributed by atoms with van der Waals surface area (Å²) in [5, 5.41) is 0. The third-order valence-corrected chi connectivity index (χ3v) is 3.39. The molecule has 0 heterocycles. The van der Waals surface area contributed by atoms with E-state index in [4.69, 9.17) is 4.55 Å². The fourth-order valence-electron chi connectivity index (χ4n) is 1.47. The average molecular weight is 280 g/mol. The second kappa shape index (κ2) is 6.96. The molecule has 0 radical (unpaired) electrons. The zero-order chi connectivity index (χ0) is 12.2. The molecule has 1 aromatic rings.